The van der Waals surface area contributed by atoms with Gasteiger partial charge in [-0.2, -0.15) is 4.99 Å². The molecule has 0 bridgehead atoms. The van der Waals surface area contributed by atoms with Gasteiger partial charge in [-0.15, -0.1) is 0 Å². The lowest BCUT2D eigenvalue weighted by Crippen LogP contribution is -2.50. The fraction of sp³-hybridized carbons (Fsp3) is 0.360. The lowest BCUT2D eigenvalue weighted by molar-refractivity contribution is -0.0483. The maximum atomic E-state index is 14.0. The lowest BCUT2D eigenvalue weighted by Gasteiger charge is -2.35. The van der Waals surface area contributed by atoms with Gasteiger partial charge >= 0.3 is 0 Å². The Bertz CT molecular complexity index is 1070. The van der Waals surface area contributed by atoms with E-state index in [4.69, 9.17) is 15.0 Å². The second-order valence-corrected chi connectivity index (χ2v) is 8.50. The van der Waals surface area contributed by atoms with Crippen molar-refractivity contribution in [3.8, 4) is 11.1 Å². The van der Waals surface area contributed by atoms with Crippen molar-refractivity contribution in [3.05, 3.63) is 71.7 Å². The Labute approximate surface area is 187 Å². The summed E-state index contributed by atoms with van der Waals surface area (Å²) < 4.78 is 25.2. The minimum absolute atomic E-state index is 0.0996. The van der Waals surface area contributed by atoms with Gasteiger partial charge in [-0.3, -0.25) is 0 Å². The molecule has 7 heteroatoms. The molecule has 0 saturated carbocycles. The van der Waals surface area contributed by atoms with E-state index in [1.807, 2.05) is 55.1 Å². The Morgan fingerprint density at radius 3 is 2.53 bits per heavy atom. The number of nitrogens with two attached hydrogens (primary N) is 1. The molecule has 0 spiro atoms. The van der Waals surface area contributed by atoms with Gasteiger partial charge in [0, 0.05) is 30.6 Å². The van der Waals surface area contributed by atoms with Gasteiger partial charge in [-0.1, -0.05) is 54.5 Å². The summed E-state index contributed by atoms with van der Waals surface area (Å²) in [6.07, 6.45) is 0.978. The lowest BCUT2D eigenvalue weighted by atomic mass is 9.96. The van der Waals surface area contributed by atoms with Gasteiger partial charge in [0.25, 0.3) is 5.88 Å². The predicted molar refractivity (Wildman–Crippen MR) is 123 cm³/mol. The Morgan fingerprint density at radius 2 is 1.84 bits per heavy atom. The first-order chi connectivity index (χ1) is 15.4. The van der Waals surface area contributed by atoms with Gasteiger partial charge in [0.05, 0.1) is 17.9 Å². The first-order valence-corrected chi connectivity index (χ1v) is 10.9. The van der Waals surface area contributed by atoms with Crippen molar-refractivity contribution >= 4 is 11.8 Å². The molecule has 1 aliphatic rings. The molecule has 3 unspecified atom stereocenters. The summed E-state index contributed by atoms with van der Waals surface area (Å²) in [5.74, 6) is 0.716. The summed E-state index contributed by atoms with van der Waals surface area (Å²) in [4.78, 5) is 6.42. The molecule has 0 radical (unpaired) electrons. The van der Waals surface area contributed by atoms with Crippen molar-refractivity contribution < 1.29 is 13.7 Å². The standard InChI is InChI=1S/C25H29FN4O2/c1-16(12-19-8-10-20(11-9-19)21-6-4-5-7-22(21)26)23-13-24(32-29-23)28-25(27)30-14-17(2)31-18(3)15-30/h4-11,13,16-18H,12,14-15H2,1-3H3,(H2,27,28). The molecular weight excluding hydrogens is 407 g/mol. The highest BCUT2D eigenvalue weighted by atomic mass is 19.1. The van der Waals surface area contributed by atoms with Crippen molar-refractivity contribution in [2.45, 2.75) is 45.3 Å². The number of rotatable bonds is 5. The number of aromatic nitrogens is 1. The van der Waals surface area contributed by atoms with Crippen molar-refractivity contribution in [2.24, 2.45) is 10.7 Å². The quantitative estimate of drug-likeness (QED) is 0.456. The van der Waals surface area contributed by atoms with E-state index in [1.54, 1.807) is 12.1 Å². The Morgan fingerprint density at radius 1 is 1.16 bits per heavy atom. The Balaban J connectivity index is 1.40. The van der Waals surface area contributed by atoms with E-state index >= 15 is 0 Å². The fourth-order valence-corrected chi connectivity index (χ4v) is 4.09. The van der Waals surface area contributed by atoms with Crippen LogP contribution in [0.3, 0.4) is 0 Å². The Kier molecular flexibility index (Phi) is 6.55. The molecule has 0 amide bonds. The predicted octanol–water partition coefficient (Wildman–Crippen LogP) is 4.88. The number of morpholine rings is 1. The van der Waals surface area contributed by atoms with E-state index < -0.39 is 0 Å². The first kappa shape index (κ1) is 22.0. The van der Waals surface area contributed by atoms with Crippen molar-refractivity contribution in [2.75, 3.05) is 13.1 Å². The number of hydrogen-bond donors (Lipinski definition) is 1. The van der Waals surface area contributed by atoms with Crippen LogP contribution in [0.4, 0.5) is 10.3 Å². The molecular formula is C25H29FN4O2. The molecule has 4 rings (SSSR count). The third-order valence-corrected chi connectivity index (χ3v) is 5.67. The fourth-order valence-electron chi connectivity index (χ4n) is 4.09. The van der Waals surface area contributed by atoms with Crippen molar-refractivity contribution in [3.63, 3.8) is 0 Å². The van der Waals surface area contributed by atoms with Gasteiger partial charge in [-0.25, -0.2) is 4.39 Å². The summed E-state index contributed by atoms with van der Waals surface area (Å²) in [6.45, 7) is 7.52. The maximum Gasteiger partial charge on any atom is 0.253 e. The van der Waals surface area contributed by atoms with Crippen LogP contribution in [0.15, 0.2) is 64.1 Å². The van der Waals surface area contributed by atoms with Gasteiger partial charge < -0.3 is 19.9 Å². The average Bonchev–Trinajstić information content (AvgIpc) is 3.23. The monoisotopic (exact) mass is 436 g/mol. The third kappa shape index (κ3) is 5.16. The van der Waals surface area contributed by atoms with Crippen molar-refractivity contribution in [1.82, 2.24) is 10.1 Å². The van der Waals surface area contributed by atoms with Crippen LogP contribution < -0.4 is 5.73 Å². The number of hydrogen-bond acceptors (Lipinski definition) is 4. The van der Waals surface area contributed by atoms with Gasteiger partial charge in [0.1, 0.15) is 5.82 Å². The number of guanidine groups is 1. The number of halogens is 1. The molecule has 3 atom stereocenters. The zero-order chi connectivity index (χ0) is 22.7. The summed E-state index contributed by atoms with van der Waals surface area (Å²) in [7, 11) is 0. The van der Waals surface area contributed by atoms with Gasteiger partial charge in [0.15, 0.2) is 5.96 Å². The van der Waals surface area contributed by atoms with Crippen LogP contribution in [0.5, 0.6) is 0 Å². The van der Waals surface area contributed by atoms with Gasteiger partial charge in [-0.05, 0) is 37.5 Å². The Hall–Kier alpha value is -3.19. The van der Waals surface area contributed by atoms with Crippen LogP contribution in [-0.2, 0) is 11.2 Å². The van der Waals surface area contributed by atoms with Crippen LogP contribution in [-0.4, -0.2) is 41.3 Å². The second-order valence-electron chi connectivity index (χ2n) is 8.50. The van der Waals surface area contributed by atoms with E-state index in [0.717, 1.165) is 23.2 Å². The normalized spacial score (nSPS) is 20.4. The SMILES string of the molecule is CC1CN(C(N)=Nc2cc(C(C)Cc3ccc(-c4ccccc4F)cc3)no2)CC(C)O1. The van der Waals surface area contributed by atoms with E-state index in [2.05, 4.69) is 17.1 Å². The molecule has 2 N–H and O–H groups in total. The largest absolute Gasteiger partial charge is 0.372 e. The molecule has 1 aromatic heterocycles. The molecule has 1 saturated heterocycles. The molecule has 0 aliphatic carbocycles. The average molecular weight is 437 g/mol. The molecule has 2 heterocycles. The smallest absolute Gasteiger partial charge is 0.253 e. The summed E-state index contributed by atoms with van der Waals surface area (Å²) in [5.41, 5.74) is 9.62. The third-order valence-electron chi connectivity index (χ3n) is 5.67. The molecule has 32 heavy (non-hydrogen) atoms. The minimum atomic E-state index is -0.218. The topological polar surface area (TPSA) is 76.9 Å². The minimum Gasteiger partial charge on any atom is -0.372 e. The number of benzene rings is 2. The van der Waals surface area contributed by atoms with Gasteiger partial charge in [0.2, 0.25) is 0 Å². The molecule has 6 nitrogen and oxygen atoms in total. The van der Waals surface area contributed by atoms with E-state index in [0.29, 0.717) is 30.5 Å². The second kappa shape index (κ2) is 9.53. The van der Waals surface area contributed by atoms with Crippen LogP contribution in [0.2, 0.25) is 0 Å². The highest BCUT2D eigenvalue weighted by Gasteiger charge is 2.24. The van der Waals surface area contributed by atoms with E-state index in [-0.39, 0.29) is 23.9 Å². The first-order valence-electron chi connectivity index (χ1n) is 10.9. The van der Waals surface area contributed by atoms with E-state index in [9.17, 15) is 4.39 Å². The molecule has 1 fully saturated rings. The molecule has 3 aromatic rings. The zero-order valence-corrected chi connectivity index (χ0v) is 18.7. The van der Waals surface area contributed by atoms with Crippen LogP contribution in [0.1, 0.15) is 37.9 Å². The molecule has 168 valence electrons. The molecule has 1 aliphatic heterocycles. The van der Waals surface area contributed by atoms with Crippen LogP contribution >= 0.6 is 0 Å². The van der Waals surface area contributed by atoms with Crippen molar-refractivity contribution in [1.29, 1.82) is 0 Å². The summed E-state index contributed by atoms with van der Waals surface area (Å²) >= 11 is 0. The number of ether oxygens (including phenoxy) is 1. The zero-order valence-electron chi connectivity index (χ0n) is 18.7. The maximum absolute atomic E-state index is 14.0. The highest BCUT2D eigenvalue weighted by molar-refractivity contribution is 5.80. The molecule has 2 aromatic carbocycles. The highest BCUT2D eigenvalue weighted by Crippen LogP contribution is 2.27. The number of nitrogens with zero attached hydrogens (tertiary/aromatic N) is 3. The number of aliphatic imine (C=N–C) groups is 1. The summed E-state index contributed by atoms with van der Waals surface area (Å²) in [6, 6.07) is 16.6. The van der Waals surface area contributed by atoms with Crippen LogP contribution in [0.25, 0.3) is 11.1 Å². The summed E-state index contributed by atoms with van der Waals surface area (Å²) in [5, 5.41) is 4.19. The van der Waals surface area contributed by atoms with E-state index in [1.165, 1.54) is 6.07 Å². The van der Waals surface area contributed by atoms with Crippen LogP contribution in [0, 0.1) is 5.82 Å².